The quantitative estimate of drug-likeness (QED) is 0.758. The van der Waals surface area contributed by atoms with Crippen LogP contribution in [0.2, 0.25) is 0 Å². The molecule has 1 aromatic carbocycles. The minimum absolute atomic E-state index is 0.288. The Bertz CT molecular complexity index is 847. The van der Waals surface area contributed by atoms with Crippen LogP contribution in [0.5, 0.6) is 11.5 Å². The van der Waals surface area contributed by atoms with Crippen LogP contribution in [0.3, 0.4) is 0 Å². The number of aromatic nitrogens is 1. The third kappa shape index (κ3) is 3.41. The minimum atomic E-state index is -0.288. The highest BCUT2D eigenvalue weighted by atomic mass is 32.1. The van der Waals surface area contributed by atoms with Crippen molar-refractivity contribution in [3.8, 4) is 23.0 Å². The lowest BCUT2D eigenvalue weighted by Crippen LogP contribution is -2.12. The second-order valence-corrected chi connectivity index (χ2v) is 5.86. The van der Waals surface area contributed by atoms with Gasteiger partial charge in [0.2, 0.25) is 0 Å². The minimum Gasteiger partial charge on any atom is -0.497 e. The lowest BCUT2D eigenvalue weighted by atomic mass is 10.2. The molecule has 0 saturated heterocycles. The Labute approximate surface area is 143 Å². The SMILES string of the molecule is COc1cc(OC)cc(C(=O)Nc2nc(-c3ccc(C)o3)cs2)c1. The molecule has 6 nitrogen and oxygen atoms in total. The van der Waals surface area contributed by atoms with Gasteiger partial charge >= 0.3 is 0 Å². The molecule has 0 fully saturated rings. The van der Waals surface area contributed by atoms with Crippen molar-refractivity contribution in [2.75, 3.05) is 19.5 Å². The summed E-state index contributed by atoms with van der Waals surface area (Å²) in [6.07, 6.45) is 0. The van der Waals surface area contributed by atoms with E-state index in [1.807, 2.05) is 24.4 Å². The number of hydrogen-bond acceptors (Lipinski definition) is 6. The van der Waals surface area contributed by atoms with E-state index in [4.69, 9.17) is 13.9 Å². The van der Waals surface area contributed by atoms with Crippen LogP contribution in [0.25, 0.3) is 11.5 Å². The van der Waals surface area contributed by atoms with Gasteiger partial charge in [0.05, 0.1) is 14.2 Å². The largest absolute Gasteiger partial charge is 0.497 e. The normalized spacial score (nSPS) is 10.5. The van der Waals surface area contributed by atoms with E-state index >= 15 is 0 Å². The summed E-state index contributed by atoms with van der Waals surface area (Å²) < 4.78 is 15.9. The number of carbonyl (C=O) groups is 1. The molecule has 0 radical (unpaired) electrons. The van der Waals surface area contributed by atoms with Gasteiger partial charge < -0.3 is 13.9 Å². The molecule has 0 aliphatic carbocycles. The van der Waals surface area contributed by atoms with Crippen molar-refractivity contribution >= 4 is 22.4 Å². The smallest absolute Gasteiger partial charge is 0.257 e. The number of hydrogen-bond donors (Lipinski definition) is 1. The van der Waals surface area contributed by atoms with E-state index in [1.54, 1.807) is 18.2 Å². The topological polar surface area (TPSA) is 73.6 Å². The fourth-order valence-electron chi connectivity index (χ4n) is 2.12. The molecule has 0 atom stereocenters. The summed E-state index contributed by atoms with van der Waals surface area (Å²) in [7, 11) is 3.07. The zero-order chi connectivity index (χ0) is 17.1. The van der Waals surface area contributed by atoms with Crippen LogP contribution in [-0.4, -0.2) is 25.1 Å². The van der Waals surface area contributed by atoms with Gasteiger partial charge in [-0.05, 0) is 31.2 Å². The van der Waals surface area contributed by atoms with Crippen molar-refractivity contribution in [1.29, 1.82) is 0 Å². The van der Waals surface area contributed by atoms with Crippen LogP contribution < -0.4 is 14.8 Å². The average molecular weight is 344 g/mol. The molecule has 0 unspecified atom stereocenters. The molecule has 7 heteroatoms. The van der Waals surface area contributed by atoms with E-state index < -0.39 is 0 Å². The molecule has 0 saturated carbocycles. The van der Waals surface area contributed by atoms with E-state index in [1.165, 1.54) is 25.6 Å². The number of furan rings is 1. The predicted octanol–water partition coefficient (Wildman–Crippen LogP) is 3.98. The number of methoxy groups -OCH3 is 2. The van der Waals surface area contributed by atoms with Crippen LogP contribution in [0.15, 0.2) is 40.1 Å². The number of ether oxygens (including phenoxy) is 2. The second-order valence-electron chi connectivity index (χ2n) is 5.00. The summed E-state index contributed by atoms with van der Waals surface area (Å²) in [6.45, 7) is 1.87. The van der Waals surface area contributed by atoms with Gasteiger partial charge in [-0.1, -0.05) is 0 Å². The average Bonchev–Trinajstić information content (AvgIpc) is 3.23. The number of aryl methyl sites for hydroxylation is 1. The number of thiazole rings is 1. The number of nitrogens with zero attached hydrogens (tertiary/aromatic N) is 1. The van der Waals surface area contributed by atoms with E-state index in [2.05, 4.69) is 10.3 Å². The van der Waals surface area contributed by atoms with Gasteiger partial charge in [-0.2, -0.15) is 0 Å². The first-order chi connectivity index (χ1) is 11.6. The molecule has 0 aliphatic rings. The Balaban J connectivity index is 1.79. The molecule has 3 aromatic rings. The highest BCUT2D eigenvalue weighted by molar-refractivity contribution is 7.14. The van der Waals surface area contributed by atoms with Crippen molar-refractivity contribution in [1.82, 2.24) is 4.98 Å². The zero-order valence-electron chi connectivity index (χ0n) is 13.5. The van der Waals surface area contributed by atoms with E-state index in [0.717, 1.165) is 5.76 Å². The maximum absolute atomic E-state index is 12.4. The predicted molar refractivity (Wildman–Crippen MR) is 92.1 cm³/mol. The van der Waals surface area contributed by atoms with Crippen LogP contribution in [0, 0.1) is 6.92 Å². The van der Waals surface area contributed by atoms with Crippen molar-refractivity contribution in [3.05, 3.63) is 47.0 Å². The summed E-state index contributed by atoms with van der Waals surface area (Å²) in [5.41, 5.74) is 1.11. The summed E-state index contributed by atoms with van der Waals surface area (Å²) in [5.74, 6) is 2.29. The lowest BCUT2D eigenvalue weighted by Gasteiger charge is -2.08. The first kappa shape index (κ1) is 16.1. The Kier molecular flexibility index (Phi) is 4.52. The highest BCUT2D eigenvalue weighted by Gasteiger charge is 2.13. The van der Waals surface area contributed by atoms with Crippen LogP contribution in [-0.2, 0) is 0 Å². The summed E-state index contributed by atoms with van der Waals surface area (Å²) in [6, 6.07) is 8.71. The Morgan fingerprint density at radius 1 is 1.17 bits per heavy atom. The van der Waals surface area contributed by atoms with Crippen molar-refractivity contribution in [2.24, 2.45) is 0 Å². The fourth-order valence-corrected chi connectivity index (χ4v) is 2.82. The molecular weight excluding hydrogens is 328 g/mol. The molecular formula is C17H16N2O4S. The van der Waals surface area contributed by atoms with Gasteiger partial charge in [-0.3, -0.25) is 10.1 Å². The zero-order valence-corrected chi connectivity index (χ0v) is 14.3. The van der Waals surface area contributed by atoms with Gasteiger partial charge in [0, 0.05) is 17.0 Å². The molecule has 0 aliphatic heterocycles. The van der Waals surface area contributed by atoms with Crippen LogP contribution >= 0.6 is 11.3 Å². The molecule has 0 spiro atoms. The van der Waals surface area contributed by atoms with Crippen molar-refractivity contribution < 1.29 is 18.7 Å². The number of anilines is 1. The summed E-state index contributed by atoms with van der Waals surface area (Å²) in [5, 5.41) is 5.10. The molecule has 1 N–H and O–H groups in total. The molecule has 1 amide bonds. The van der Waals surface area contributed by atoms with Gasteiger partial charge in [0.1, 0.15) is 23.0 Å². The monoisotopic (exact) mass is 344 g/mol. The first-order valence-electron chi connectivity index (χ1n) is 7.16. The molecule has 24 heavy (non-hydrogen) atoms. The van der Waals surface area contributed by atoms with Crippen molar-refractivity contribution in [3.63, 3.8) is 0 Å². The number of rotatable bonds is 5. The summed E-state index contributed by atoms with van der Waals surface area (Å²) in [4.78, 5) is 16.8. The van der Waals surface area contributed by atoms with Gasteiger partial charge in [0.15, 0.2) is 10.9 Å². The molecule has 3 rings (SSSR count). The number of amides is 1. The number of nitrogens with one attached hydrogen (secondary N) is 1. The Morgan fingerprint density at radius 3 is 2.46 bits per heavy atom. The molecule has 124 valence electrons. The fraction of sp³-hybridized carbons (Fsp3) is 0.176. The van der Waals surface area contributed by atoms with Gasteiger partial charge in [-0.25, -0.2) is 4.98 Å². The van der Waals surface area contributed by atoms with Gasteiger partial charge in [-0.15, -0.1) is 11.3 Å². The highest BCUT2D eigenvalue weighted by Crippen LogP contribution is 2.27. The molecule has 2 heterocycles. The van der Waals surface area contributed by atoms with Gasteiger partial charge in [0.25, 0.3) is 5.91 Å². The second kappa shape index (κ2) is 6.76. The third-order valence-corrected chi connectivity index (χ3v) is 4.09. The molecule has 0 bridgehead atoms. The van der Waals surface area contributed by atoms with Crippen molar-refractivity contribution in [2.45, 2.75) is 6.92 Å². The molecule has 2 aromatic heterocycles. The first-order valence-corrected chi connectivity index (χ1v) is 8.04. The van der Waals surface area contributed by atoms with Crippen LogP contribution in [0.1, 0.15) is 16.1 Å². The third-order valence-electron chi connectivity index (χ3n) is 3.33. The van der Waals surface area contributed by atoms with Crippen LogP contribution in [0.4, 0.5) is 5.13 Å². The summed E-state index contributed by atoms with van der Waals surface area (Å²) >= 11 is 1.33. The lowest BCUT2D eigenvalue weighted by molar-refractivity contribution is 0.102. The van der Waals surface area contributed by atoms with E-state index in [-0.39, 0.29) is 5.91 Å². The number of carbonyl (C=O) groups excluding carboxylic acids is 1. The van der Waals surface area contributed by atoms with E-state index in [9.17, 15) is 4.79 Å². The maximum Gasteiger partial charge on any atom is 0.257 e. The Hall–Kier alpha value is -2.80. The maximum atomic E-state index is 12.4. The standard InChI is InChI=1S/C17H16N2O4S/c1-10-4-5-15(23-10)14-9-24-17(18-14)19-16(20)11-6-12(21-2)8-13(7-11)22-3/h4-9H,1-3H3,(H,18,19,20). The Morgan fingerprint density at radius 2 is 1.88 bits per heavy atom. The van der Waals surface area contributed by atoms with E-state index in [0.29, 0.717) is 33.6 Å². The number of benzene rings is 1.